The van der Waals surface area contributed by atoms with E-state index in [2.05, 4.69) is 10.6 Å². The maximum absolute atomic E-state index is 12.0. The zero-order valence-corrected chi connectivity index (χ0v) is 12.3. The Kier molecular flexibility index (Phi) is 6.92. The van der Waals surface area contributed by atoms with Crippen LogP contribution in [0.25, 0.3) is 0 Å². The molecular formula is C15H20N4O2. The topological polar surface area (TPSA) is 85.2 Å². The van der Waals surface area contributed by atoms with Crippen molar-refractivity contribution >= 4 is 17.5 Å². The van der Waals surface area contributed by atoms with Crippen LogP contribution in [0.3, 0.4) is 0 Å². The first-order valence-electron chi connectivity index (χ1n) is 6.82. The number of para-hydroxylation sites is 1. The highest BCUT2D eigenvalue weighted by atomic mass is 16.2. The van der Waals surface area contributed by atoms with Crippen molar-refractivity contribution in [2.45, 2.75) is 13.3 Å². The fraction of sp³-hybridized carbons (Fsp3) is 0.400. The molecule has 1 aromatic rings. The Balaban J connectivity index is 2.65. The molecule has 0 heterocycles. The van der Waals surface area contributed by atoms with Crippen molar-refractivity contribution in [1.82, 2.24) is 10.2 Å². The second-order valence-electron chi connectivity index (χ2n) is 4.59. The van der Waals surface area contributed by atoms with E-state index in [0.717, 1.165) is 6.42 Å². The van der Waals surface area contributed by atoms with Crippen molar-refractivity contribution in [3.8, 4) is 6.07 Å². The minimum Gasteiger partial charge on any atom is -0.358 e. The molecule has 0 spiro atoms. The largest absolute Gasteiger partial charge is 0.358 e. The Morgan fingerprint density at radius 3 is 2.52 bits per heavy atom. The molecule has 0 fully saturated rings. The minimum absolute atomic E-state index is 0.112. The number of hydrogen-bond acceptors (Lipinski definition) is 4. The molecule has 2 amide bonds. The van der Waals surface area contributed by atoms with Gasteiger partial charge in [-0.2, -0.15) is 5.26 Å². The quantitative estimate of drug-likeness (QED) is 0.782. The van der Waals surface area contributed by atoms with Crippen LogP contribution in [0.2, 0.25) is 0 Å². The van der Waals surface area contributed by atoms with Gasteiger partial charge in [0.25, 0.3) is 0 Å². The molecule has 0 aliphatic carbocycles. The number of carbonyl (C=O) groups is 2. The van der Waals surface area contributed by atoms with E-state index in [4.69, 9.17) is 5.26 Å². The van der Waals surface area contributed by atoms with E-state index in [-0.39, 0.29) is 24.9 Å². The summed E-state index contributed by atoms with van der Waals surface area (Å²) in [4.78, 5) is 25.2. The second-order valence-corrected chi connectivity index (χ2v) is 4.59. The van der Waals surface area contributed by atoms with E-state index in [9.17, 15) is 9.59 Å². The standard InChI is InChI=1S/C15H20N4O2/c1-3-8-19(10-14(20)17-2)11-15(21)18-13-7-5-4-6-12(13)9-16/h4-7H,3,8,10-11H2,1-2H3,(H,17,20)(H,18,21). The summed E-state index contributed by atoms with van der Waals surface area (Å²) in [7, 11) is 1.57. The van der Waals surface area contributed by atoms with Gasteiger partial charge in [-0.15, -0.1) is 0 Å². The van der Waals surface area contributed by atoms with E-state index in [0.29, 0.717) is 17.8 Å². The van der Waals surface area contributed by atoms with Gasteiger partial charge in [-0.3, -0.25) is 14.5 Å². The van der Waals surface area contributed by atoms with Gasteiger partial charge in [-0.25, -0.2) is 0 Å². The highest BCUT2D eigenvalue weighted by Crippen LogP contribution is 2.13. The summed E-state index contributed by atoms with van der Waals surface area (Å²) in [6.07, 6.45) is 0.846. The number of nitrogens with one attached hydrogen (secondary N) is 2. The summed E-state index contributed by atoms with van der Waals surface area (Å²) in [6.45, 7) is 2.93. The lowest BCUT2D eigenvalue weighted by Gasteiger charge is -2.20. The number of benzene rings is 1. The van der Waals surface area contributed by atoms with Gasteiger partial charge in [-0.05, 0) is 25.1 Å². The van der Waals surface area contributed by atoms with Crippen LogP contribution in [0.1, 0.15) is 18.9 Å². The zero-order chi connectivity index (χ0) is 15.7. The van der Waals surface area contributed by atoms with Gasteiger partial charge in [0.05, 0.1) is 24.3 Å². The SMILES string of the molecule is CCCN(CC(=O)NC)CC(=O)Nc1ccccc1C#N. The Morgan fingerprint density at radius 1 is 1.24 bits per heavy atom. The molecule has 6 heteroatoms. The number of carbonyl (C=O) groups excluding carboxylic acids is 2. The number of nitriles is 1. The molecule has 0 saturated heterocycles. The molecule has 21 heavy (non-hydrogen) atoms. The summed E-state index contributed by atoms with van der Waals surface area (Å²) in [6, 6.07) is 8.85. The van der Waals surface area contributed by atoms with E-state index in [1.54, 1.807) is 36.2 Å². The maximum atomic E-state index is 12.0. The van der Waals surface area contributed by atoms with Crippen molar-refractivity contribution in [2.75, 3.05) is 32.0 Å². The molecule has 0 aromatic heterocycles. The summed E-state index contributed by atoms with van der Waals surface area (Å²) >= 11 is 0. The van der Waals surface area contributed by atoms with Crippen LogP contribution in [0.4, 0.5) is 5.69 Å². The monoisotopic (exact) mass is 288 g/mol. The Labute approximate surface area is 124 Å². The number of anilines is 1. The molecule has 0 aliphatic heterocycles. The minimum atomic E-state index is -0.241. The van der Waals surface area contributed by atoms with Crippen molar-refractivity contribution < 1.29 is 9.59 Å². The van der Waals surface area contributed by atoms with Crippen molar-refractivity contribution in [1.29, 1.82) is 5.26 Å². The molecule has 1 rings (SSSR count). The number of likely N-dealkylation sites (N-methyl/N-ethyl adjacent to an activating group) is 1. The van der Waals surface area contributed by atoms with E-state index in [1.807, 2.05) is 13.0 Å². The highest BCUT2D eigenvalue weighted by Gasteiger charge is 2.14. The van der Waals surface area contributed by atoms with Gasteiger partial charge in [0.2, 0.25) is 11.8 Å². The lowest BCUT2D eigenvalue weighted by Crippen LogP contribution is -2.40. The van der Waals surface area contributed by atoms with Crippen molar-refractivity contribution in [3.63, 3.8) is 0 Å². The van der Waals surface area contributed by atoms with Crippen LogP contribution >= 0.6 is 0 Å². The molecular weight excluding hydrogens is 268 g/mol. The van der Waals surface area contributed by atoms with E-state index in [1.165, 1.54) is 0 Å². The molecule has 6 nitrogen and oxygen atoms in total. The first-order valence-corrected chi connectivity index (χ1v) is 6.82. The fourth-order valence-corrected chi connectivity index (χ4v) is 1.89. The second kappa shape index (κ2) is 8.72. The summed E-state index contributed by atoms with van der Waals surface area (Å²) in [5.41, 5.74) is 0.903. The third-order valence-electron chi connectivity index (χ3n) is 2.87. The third-order valence-corrected chi connectivity index (χ3v) is 2.87. The number of rotatable bonds is 7. The van der Waals surface area contributed by atoms with Gasteiger partial charge in [0.15, 0.2) is 0 Å². The zero-order valence-electron chi connectivity index (χ0n) is 12.3. The van der Waals surface area contributed by atoms with Crippen LogP contribution in [0.5, 0.6) is 0 Å². The molecule has 0 atom stereocenters. The first kappa shape index (κ1) is 16.7. The number of hydrogen-bond donors (Lipinski definition) is 2. The molecule has 0 bridgehead atoms. The van der Waals surface area contributed by atoms with Gasteiger partial charge in [0.1, 0.15) is 6.07 Å². The van der Waals surface area contributed by atoms with Gasteiger partial charge in [-0.1, -0.05) is 19.1 Å². The van der Waals surface area contributed by atoms with Crippen LogP contribution < -0.4 is 10.6 Å². The predicted octanol–water partition coefficient (Wildman–Crippen LogP) is 0.955. The lowest BCUT2D eigenvalue weighted by atomic mass is 10.2. The molecule has 0 saturated carbocycles. The average Bonchev–Trinajstić information content (AvgIpc) is 2.47. The predicted molar refractivity (Wildman–Crippen MR) is 80.6 cm³/mol. The maximum Gasteiger partial charge on any atom is 0.238 e. The summed E-state index contributed by atoms with van der Waals surface area (Å²) in [5.74, 6) is -0.372. The van der Waals surface area contributed by atoms with Crippen LogP contribution in [0, 0.1) is 11.3 Å². The normalized spacial score (nSPS) is 10.0. The fourth-order valence-electron chi connectivity index (χ4n) is 1.89. The number of amides is 2. The van der Waals surface area contributed by atoms with Crippen molar-refractivity contribution in [2.24, 2.45) is 0 Å². The van der Waals surface area contributed by atoms with Gasteiger partial charge < -0.3 is 10.6 Å². The smallest absolute Gasteiger partial charge is 0.238 e. The molecule has 1 aromatic carbocycles. The van der Waals surface area contributed by atoms with Crippen LogP contribution in [-0.2, 0) is 9.59 Å². The highest BCUT2D eigenvalue weighted by molar-refractivity contribution is 5.93. The average molecular weight is 288 g/mol. The molecule has 0 aliphatic rings. The molecule has 0 unspecified atom stereocenters. The van der Waals surface area contributed by atoms with Gasteiger partial charge in [0, 0.05) is 7.05 Å². The summed E-state index contributed by atoms with van der Waals surface area (Å²) < 4.78 is 0. The number of nitrogens with zero attached hydrogens (tertiary/aromatic N) is 2. The molecule has 0 radical (unpaired) electrons. The van der Waals surface area contributed by atoms with Crippen LogP contribution in [0.15, 0.2) is 24.3 Å². The molecule has 112 valence electrons. The van der Waals surface area contributed by atoms with Gasteiger partial charge >= 0.3 is 0 Å². The Hall–Kier alpha value is -2.39. The molecule has 2 N–H and O–H groups in total. The van der Waals surface area contributed by atoms with E-state index < -0.39 is 0 Å². The first-order chi connectivity index (χ1) is 10.1. The van der Waals surface area contributed by atoms with Crippen LogP contribution in [-0.4, -0.2) is 43.4 Å². The van der Waals surface area contributed by atoms with E-state index >= 15 is 0 Å². The summed E-state index contributed by atoms with van der Waals surface area (Å²) in [5, 5.41) is 14.2. The Bertz CT molecular complexity index is 537. The van der Waals surface area contributed by atoms with Crippen molar-refractivity contribution in [3.05, 3.63) is 29.8 Å². The Morgan fingerprint density at radius 2 is 1.90 bits per heavy atom. The third kappa shape index (κ3) is 5.63. The lowest BCUT2D eigenvalue weighted by molar-refractivity contribution is -0.123.